The van der Waals surface area contributed by atoms with E-state index in [1.54, 1.807) is 18.5 Å². The molecular formula is C41H40N4O. The second kappa shape index (κ2) is 12.2. The molecule has 230 valence electrons. The van der Waals surface area contributed by atoms with Crippen LogP contribution in [0.25, 0.3) is 33.6 Å². The Labute approximate surface area is 272 Å². The number of hydrogen-bond donors (Lipinski definition) is 1. The van der Waals surface area contributed by atoms with Gasteiger partial charge in [0.1, 0.15) is 5.75 Å². The lowest BCUT2D eigenvalue weighted by atomic mass is 9.79. The number of benzene rings is 4. The summed E-state index contributed by atoms with van der Waals surface area (Å²) in [6, 6.07) is 38.8. The average molecular weight is 605 g/mol. The molecule has 0 atom stereocenters. The molecule has 5 nitrogen and oxygen atoms in total. The third kappa shape index (κ3) is 6.54. The van der Waals surface area contributed by atoms with E-state index in [4.69, 9.17) is 4.98 Å². The highest BCUT2D eigenvalue weighted by atomic mass is 16.3. The van der Waals surface area contributed by atoms with Gasteiger partial charge in [-0.3, -0.25) is 4.90 Å². The summed E-state index contributed by atoms with van der Waals surface area (Å²) in [7, 11) is 0. The molecule has 6 aromatic rings. The van der Waals surface area contributed by atoms with Gasteiger partial charge in [0.25, 0.3) is 0 Å². The number of aromatic nitrogens is 3. The summed E-state index contributed by atoms with van der Waals surface area (Å²) in [5, 5.41) is 10.9. The molecular weight excluding hydrogens is 564 g/mol. The minimum Gasteiger partial charge on any atom is -0.507 e. The van der Waals surface area contributed by atoms with Crippen molar-refractivity contribution in [2.24, 2.45) is 0 Å². The molecule has 4 aromatic carbocycles. The van der Waals surface area contributed by atoms with Crippen LogP contribution in [0.2, 0.25) is 0 Å². The zero-order valence-corrected chi connectivity index (χ0v) is 27.4. The highest BCUT2D eigenvalue weighted by Gasteiger charge is 2.22. The second-order valence-corrected chi connectivity index (χ2v) is 13.7. The molecule has 6 rings (SSSR count). The molecule has 46 heavy (non-hydrogen) atoms. The third-order valence-electron chi connectivity index (χ3n) is 8.17. The molecule has 0 bridgehead atoms. The van der Waals surface area contributed by atoms with Crippen LogP contribution in [0.4, 0.5) is 17.3 Å². The first-order valence-corrected chi connectivity index (χ1v) is 15.7. The van der Waals surface area contributed by atoms with Gasteiger partial charge in [0.2, 0.25) is 5.95 Å². The smallest absolute Gasteiger partial charge is 0.234 e. The lowest BCUT2D eigenvalue weighted by Gasteiger charge is -2.26. The summed E-state index contributed by atoms with van der Waals surface area (Å²) in [5.74, 6) is 0.776. The number of rotatable bonds is 6. The van der Waals surface area contributed by atoms with Crippen molar-refractivity contribution in [1.29, 1.82) is 0 Å². The van der Waals surface area contributed by atoms with Gasteiger partial charge >= 0.3 is 0 Å². The van der Waals surface area contributed by atoms with E-state index < -0.39 is 0 Å². The first-order valence-electron chi connectivity index (χ1n) is 15.7. The van der Waals surface area contributed by atoms with Crippen LogP contribution in [0.5, 0.6) is 5.75 Å². The van der Waals surface area contributed by atoms with Gasteiger partial charge in [-0.05, 0) is 87.7 Å². The molecule has 0 aliphatic heterocycles. The quantitative estimate of drug-likeness (QED) is 0.205. The first-order chi connectivity index (χ1) is 22.0. The molecule has 1 N–H and O–H groups in total. The zero-order chi connectivity index (χ0) is 32.5. The topological polar surface area (TPSA) is 62.1 Å². The van der Waals surface area contributed by atoms with Crippen LogP contribution in [0.15, 0.2) is 128 Å². The van der Waals surface area contributed by atoms with E-state index in [-0.39, 0.29) is 16.6 Å². The van der Waals surface area contributed by atoms with Crippen molar-refractivity contribution in [3.05, 3.63) is 139 Å². The Morgan fingerprint density at radius 2 is 1.11 bits per heavy atom. The molecule has 0 radical (unpaired) electrons. The van der Waals surface area contributed by atoms with Crippen molar-refractivity contribution in [2.75, 3.05) is 4.90 Å². The Kier molecular flexibility index (Phi) is 8.18. The molecule has 2 aromatic heterocycles. The highest BCUT2D eigenvalue weighted by Crippen LogP contribution is 2.39. The summed E-state index contributed by atoms with van der Waals surface area (Å²) in [5.41, 5.74) is 9.67. The number of phenols is 1. The predicted octanol–water partition coefficient (Wildman–Crippen LogP) is 10.6. The number of nitrogens with zero attached hydrogens (tertiary/aromatic N) is 4. The number of phenolic OH excluding ortho intramolecular Hbond substituents is 1. The average Bonchev–Trinajstić information content (AvgIpc) is 3.05. The molecule has 0 spiro atoms. The van der Waals surface area contributed by atoms with Gasteiger partial charge in [-0.2, -0.15) is 0 Å². The maximum atomic E-state index is 10.9. The van der Waals surface area contributed by atoms with E-state index in [2.05, 4.69) is 100 Å². The van der Waals surface area contributed by atoms with Gasteiger partial charge in [-0.1, -0.05) is 102 Å². The van der Waals surface area contributed by atoms with Gasteiger partial charge in [0.05, 0.1) is 11.4 Å². The summed E-state index contributed by atoms with van der Waals surface area (Å²) < 4.78 is 0. The second-order valence-electron chi connectivity index (χ2n) is 13.7. The lowest BCUT2D eigenvalue weighted by molar-refractivity contribution is 0.477. The van der Waals surface area contributed by atoms with Crippen LogP contribution in [0.1, 0.15) is 52.7 Å². The van der Waals surface area contributed by atoms with Crippen LogP contribution in [-0.4, -0.2) is 20.1 Å². The van der Waals surface area contributed by atoms with E-state index in [0.29, 0.717) is 17.2 Å². The molecule has 0 amide bonds. The molecule has 0 saturated carbocycles. The third-order valence-corrected chi connectivity index (χ3v) is 8.17. The Morgan fingerprint density at radius 1 is 0.522 bits per heavy atom. The monoisotopic (exact) mass is 604 g/mol. The molecule has 0 aliphatic carbocycles. The summed E-state index contributed by atoms with van der Waals surface area (Å²) >= 11 is 0. The molecule has 0 fully saturated rings. The van der Waals surface area contributed by atoms with Crippen molar-refractivity contribution in [3.8, 4) is 39.4 Å². The Bertz CT molecular complexity index is 1900. The maximum Gasteiger partial charge on any atom is 0.234 e. The van der Waals surface area contributed by atoms with Gasteiger partial charge in [-0.25, -0.2) is 15.0 Å². The number of pyridine rings is 1. The normalized spacial score (nSPS) is 11.8. The molecule has 5 heteroatoms. The standard InChI is InChI=1S/C41H40N4O/c1-40(2,3)31-22-29(23-32(27-31)41(4,5)6)30-25-36(44-37(26-30)35-18-10-11-19-38(35)46)28-14-12-17-34(24-28)45(33-15-8-7-9-16-33)39-42-20-13-21-43-39/h7-27,46H,1-6H3. The summed E-state index contributed by atoms with van der Waals surface area (Å²) in [6.07, 6.45) is 3.51. The van der Waals surface area contributed by atoms with Gasteiger partial charge < -0.3 is 5.11 Å². The molecule has 2 heterocycles. The summed E-state index contributed by atoms with van der Waals surface area (Å²) in [4.78, 5) is 16.3. The SMILES string of the molecule is CC(C)(C)c1cc(-c2cc(-c3cccc(N(c4ccccc4)c4ncccn4)c3)nc(-c3ccccc3O)c2)cc(C(C)(C)C)c1. The Balaban J connectivity index is 1.56. The van der Waals surface area contributed by atoms with Crippen molar-refractivity contribution >= 4 is 17.3 Å². The van der Waals surface area contributed by atoms with Crippen LogP contribution < -0.4 is 4.90 Å². The fourth-order valence-electron chi connectivity index (χ4n) is 5.50. The fourth-order valence-corrected chi connectivity index (χ4v) is 5.50. The number of para-hydroxylation sites is 2. The number of aromatic hydroxyl groups is 1. The number of anilines is 3. The predicted molar refractivity (Wildman–Crippen MR) is 190 cm³/mol. The largest absolute Gasteiger partial charge is 0.507 e. The minimum absolute atomic E-state index is 0.0267. The van der Waals surface area contributed by atoms with E-state index in [9.17, 15) is 5.11 Å². The molecule has 0 unspecified atom stereocenters. The highest BCUT2D eigenvalue weighted by molar-refractivity contribution is 5.81. The van der Waals surface area contributed by atoms with E-state index >= 15 is 0 Å². The van der Waals surface area contributed by atoms with Crippen molar-refractivity contribution in [3.63, 3.8) is 0 Å². The molecule has 0 aliphatic rings. The lowest BCUT2D eigenvalue weighted by Crippen LogP contribution is -2.16. The maximum absolute atomic E-state index is 10.9. The molecule has 0 saturated heterocycles. The van der Waals surface area contributed by atoms with Crippen LogP contribution in [0.3, 0.4) is 0 Å². The van der Waals surface area contributed by atoms with Crippen LogP contribution in [-0.2, 0) is 10.8 Å². The Hall–Kier alpha value is -5.29. The number of hydrogen-bond acceptors (Lipinski definition) is 5. The zero-order valence-electron chi connectivity index (χ0n) is 27.4. The van der Waals surface area contributed by atoms with Gasteiger partial charge in [0, 0.05) is 34.9 Å². The Morgan fingerprint density at radius 3 is 1.76 bits per heavy atom. The van der Waals surface area contributed by atoms with E-state index in [1.807, 2.05) is 65.6 Å². The van der Waals surface area contributed by atoms with Gasteiger partial charge in [-0.15, -0.1) is 0 Å². The van der Waals surface area contributed by atoms with E-state index in [1.165, 1.54) is 11.1 Å². The fraction of sp³-hybridized carbons (Fsp3) is 0.195. The van der Waals surface area contributed by atoms with Crippen molar-refractivity contribution < 1.29 is 5.11 Å². The van der Waals surface area contributed by atoms with Crippen molar-refractivity contribution in [2.45, 2.75) is 52.4 Å². The van der Waals surface area contributed by atoms with Crippen molar-refractivity contribution in [1.82, 2.24) is 15.0 Å². The van der Waals surface area contributed by atoms with Crippen LogP contribution >= 0.6 is 0 Å². The summed E-state index contributed by atoms with van der Waals surface area (Å²) in [6.45, 7) is 13.5. The first kappa shape index (κ1) is 30.7. The van der Waals surface area contributed by atoms with Crippen LogP contribution in [0, 0.1) is 0 Å². The van der Waals surface area contributed by atoms with Gasteiger partial charge in [0.15, 0.2) is 0 Å². The minimum atomic E-state index is -0.0267. The van der Waals surface area contributed by atoms with E-state index in [0.717, 1.165) is 33.8 Å².